The Bertz CT molecular complexity index is 392. The van der Waals surface area contributed by atoms with Gasteiger partial charge in [0, 0.05) is 24.0 Å². The largest absolute Gasteiger partial charge is 0.382 e. The van der Waals surface area contributed by atoms with Gasteiger partial charge in [-0.15, -0.1) is 0 Å². The predicted molar refractivity (Wildman–Crippen MR) is 54.2 cm³/mol. The van der Waals surface area contributed by atoms with Gasteiger partial charge in [-0.05, 0) is 18.2 Å². The van der Waals surface area contributed by atoms with Crippen molar-refractivity contribution in [1.29, 1.82) is 0 Å². The van der Waals surface area contributed by atoms with Gasteiger partial charge in [0.15, 0.2) is 0 Å². The topological polar surface area (TPSA) is 24.4 Å². The van der Waals surface area contributed by atoms with E-state index in [-0.39, 0.29) is 5.54 Å². The standard InChI is InChI=1S/C11H10N2/c1-2-5-10-9(4-1)11(8-12-10)6-3-7-13-11/h1-7,12H,8H2. The van der Waals surface area contributed by atoms with Gasteiger partial charge in [-0.1, -0.05) is 18.2 Å². The molecule has 2 aliphatic rings. The molecule has 2 heterocycles. The second-order valence-electron chi connectivity index (χ2n) is 3.46. The van der Waals surface area contributed by atoms with Crippen LogP contribution in [-0.4, -0.2) is 12.8 Å². The molecule has 1 unspecified atom stereocenters. The minimum atomic E-state index is -0.101. The highest BCUT2D eigenvalue weighted by atomic mass is 15.0. The minimum absolute atomic E-state index is 0.101. The SMILES string of the molecule is C1=CC2(CNc3ccccc32)N=C1. The smallest absolute Gasteiger partial charge is 0.123 e. The second-order valence-corrected chi connectivity index (χ2v) is 3.46. The summed E-state index contributed by atoms with van der Waals surface area (Å²) in [6.07, 6.45) is 6.05. The molecule has 13 heavy (non-hydrogen) atoms. The van der Waals surface area contributed by atoms with Crippen LogP contribution in [0.15, 0.2) is 41.4 Å². The maximum Gasteiger partial charge on any atom is 0.123 e. The Morgan fingerprint density at radius 1 is 1.31 bits per heavy atom. The van der Waals surface area contributed by atoms with Crippen molar-refractivity contribution in [3.8, 4) is 0 Å². The summed E-state index contributed by atoms with van der Waals surface area (Å²) in [5.41, 5.74) is 2.41. The highest BCUT2D eigenvalue weighted by Gasteiger charge is 2.36. The Hall–Kier alpha value is -1.57. The lowest BCUT2D eigenvalue weighted by Crippen LogP contribution is -2.20. The highest BCUT2D eigenvalue weighted by molar-refractivity contribution is 5.78. The monoisotopic (exact) mass is 170 g/mol. The number of hydrogen-bond donors (Lipinski definition) is 1. The van der Waals surface area contributed by atoms with E-state index in [1.165, 1.54) is 11.3 Å². The summed E-state index contributed by atoms with van der Waals surface area (Å²) in [5.74, 6) is 0. The lowest BCUT2D eigenvalue weighted by atomic mass is 9.94. The summed E-state index contributed by atoms with van der Waals surface area (Å²) in [6, 6.07) is 8.36. The van der Waals surface area contributed by atoms with Crippen LogP contribution >= 0.6 is 0 Å². The van der Waals surface area contributed by atoms with Gasteiger partial charge in [-0.3, -0.25) is 4.99 Å². The average Bonchev–Trinajstić information content (AvgIpc) is 2.78. The predicted octanol–water partition coefficient (Wildman–Crippen LogP) is 1.95. The zero-order chi connectivity index (χ0) is 8.73. The van der Waals surface area contributed by atoms with Gasteiger partial charge >= 0.3 is 0 Å². The van der Waals surface area contributed by atoms with Gasteiger partial charge < -0.3 is 5.32 Å². The van der Waals surface area contributed by atoms with E-state index in [4.69, 9.17) is 0 Å². The molecule has 0 saturated carbocycles. The van der Waals surface area contributed by atoms with Gasteiger partial charge in [-0.25, -0.2) is 0 Å². The molecule has 0 amide bonds. The molecule has 1 aromatic rings. The third-order valence-electron chi connectivity index (χ3n) is 2.70. The van der Waals surface area contributed by atoms with Crippen LogP contribution in [0, 0.1) is 0 Å². The molecule has 2 heteroatoms. The number of nitrogens with one attached hydrogen (secondary N) is 1. The van der Waals surface area contributed by atoms with Crippen LogP contribution in [0.5, 0.6) is 0 Å². The van der Waals surface area contributed by atoms with Gasteiger partial charge in [0.05, 0.1) is 0 Å². The molecule has 0 saturated heterocycles. The molecule has 1 N–H and O–H groups in total. The number of nitrogens with zero attached hydrogens (tertiary/aromatic N) is 1. The van der Waals surface area contributed by atoms with Gasteiger partial charge in [0.2, 0.25) is 0 Å². The zero-order valence-corrected chi connectivity index (χ0v) is 7.20. The van der Waals surface area contributed by atoms with E-state index in [0.29, 0.717) is 0 Å². The average molecular weight is 170 g/mol. The summed E-state index contributed by atoms with van der Waals surface area (Å²) in [4.78, 5) is 4.51. The molecular weight excluding hydrogens is 160 g/mol. The Morgan fingerprint density at radius 3 is 3.08 bits per heavy atom. The van der Waals surface area contributed by atoms with Crippen LogP contribution < -0.4 is 5.32 Å². The van der Waals surface area contributed by atoms with Crippen molar-refractivity contribution in [1.82, 2.24) is 0 Å². The molecule has 0 fully saturated rings. The van der Waals surface area contributed by atoms with Crippen LogP contribution in [0.4, 0.5) is 5.69 Å². The molecule has 0 radical (unpaired) electrons. The number of anilines is 1. The van der Waals surface area contributed by atoms with Crippen molar-refractivity contribution >= 4 is 11.9 Å². The summed E-state index contributed by atoms with van der Waals surface area (Å²) in [5, 5.41) is 3.37. The summed E-state index contributed by atoms with van der Waals surface area (Å²) in [7, 11) is 0. The normalized spacial score (nSPS) is 28.0. The molecule has 3 rings (SSSR count). The summed E-state index contributed by atoms with van der Waals surface area (Å²) in [6.45, 7) is 0.888. The van der Waals surface area contributed by atoms with Crippen molar-refractivity contribution in [3.63, 3.8) is 0 Å². The number of para-hydroxylation sites is 1. The van der Waals surface area contributed by atoms with Crippen LogP contribution in [-0.2, 0) is 5.54 Å². The molecule has 64 valence electrons. The first-order chi connectivity index (χ1) is 6.41. The first-order valence-corrected chi connectivity index (χ1v) is 4.47. The minimum Gasteiger partial charge on any atom is -0.382 e. The maximum atomic E-state index is 4.51. The Morgan fingerprint density at radius 2 is 2.23 bits per heavy atom. The second kappa shape index (κ2) is 2.22. The van der Waals surface area contributed by atoms with Crippen molar-refractivity contribution < 1.29 is 0 Å². The molecule has 1 atom stereocenters. The molecule has 0 aromatic heterocycles. The van der Waals surface area contributed by atoms with Crippen LogP contribution in [0.3, 0.4) is 0 Å². The maximum absolute atomic E-state index is 4.51. The van der Waals surface area contributed by atoms with Crippen molar-refractivity contribution in [3.05, 3.63) is 42.0 Å². The molecule has 2 nitrogen and oxygen atoms in total. The van der Waals surface area contributed by atoms with Gasteiger partial charge in [0.25, 0.3) is 0 Å². The fourth-order valence-corrected chi connectivity index (χ4v) is 2.03. The van der Waals surface area contributed by atoms with Crippen LogP contribution in [0.2, 0.25) is 0 Å². The van der Waals surface area contributed by atoms with E-state index in [1.54, 1.807) is 0 Å². The van der Waals surface area contributed by atoms with E-state index >= 15 is 0 Å². The van der Waals surface area contributed by atoms with Crippen molar-refractivity contribution in [2.24, 2.45) is 4.99 Å². The lowest BCUT2D eigenvalue weighted by Gasteiger charge is -2.16. The third kappa shape index (κ3) is 0.800. The fourth-order valence-electron chi connectivity index (χ4n) is 2.03. The zero-order valence-electron chi connectivity index (χ0n) is 7.20. The van der Waals surface area contributed by atoms with E-state index in [0.717, 1.165) is 6.54 Å². The lowest BCUT2D eigenvalue weighted by molar-refractivity contribution is 0.642. The quantitative estimate of drug-likeness (QED) is 0.632. The van der Waals surface area contributed by atoms with Gasteiger partial charge in [-0.2, -0.15) is 0 Å². The molecule has 0 bridgehead atoms. The van der Waals surface area contributed by atoms with E-state index in [2.05, 4.69) is 34.6 Å². The van der Waals surface area contributed by atoms with E-state index < -0.39 is 0 Å². The van der Waals surface area contributed by atoms with Crippen LogP contribution in [0.1, 0.15) is 5.56 Å². The van der Waals surface area contributed by atoms with Crippen molar-refractivity contribution in [2.45, 2.75) is 5.54 Å². The summed E-state index contributed by atoms with van der Waals surface area (Å²) >= 11 is 0. The van der Waals surface area contributed by atoms with Gasteiger partial charge in [0.1, 0.15) is 5.54 Å². The number of fused-ring (bicyclic) bond motifs is 2. The Kier molecular flexibility index (Phi) is 1.18. The highest BCUT2D eigenvalue weighted by Crippen LogP contribution is 2.39. The summed E-state index contributed by atoms with van der Waals surface area (Å²) < 4.78 is 0. The third-order valence-corrected chi connectivity index (χ3v) is 2.70. The van der Waals surface area contributed by atoms with E-state index in [1.807, 2.05) is 18.4 Å². The Labute approximate surface area is 77.0 Å². The molecular formula is C11H10N2. The van der Waals surface area contributed by atoms with Crippen molar-refractivity contribution in [2.75, 3.05) is 11.9 Å². The number of allylic oxidation sites excluding steroid dienone is 1. The Balaban J connectivity index is 2.22. The number of aliphatic imine (C=N–C) groups is 1. The number of hydrogen-bond acceptors (Lipinski definition) is 2. The molecule has 1 aromatic carbocycles. The molecule has 1 spiro atoms. The number of benzene rings is 1. The van der Waals surface area contributed by atoms with E-state index in [9.17, 15) is 0 Å². The first kappa shape index (κ1) is 6.89. The molecule has 0 aliphatic carbocycles. The number of rotatable bonds is 0. The first-order valence-electron chi connectivity index (χ1n) is 4.47. The molecule has 2 aliphatic heterocycles. The van der Waals surface area contributed by atoms with Crippen LogP contribution in [0.25, 0.3) is 0 Å². The fraction of sp³-hybridized carbons (Fsp3) is 0.182.